The molecule has 1 aliphatic heterocycles. The maximum Gasteiger partial charge on any atom is 0.226 e. The molecular formula is C17H25N3O2. The minimum atomic E-state index is -0.0918. The van der Waals surface area contributed by atoms with E-state index in [0.717, 1.165) is 37.2 Å². The van der Waals surface area contributed by atoms with Gasteiger partial charge in [-0.3, -0.25) is 9.59 Å². The smallest absolute Gasteiger partial charge is 0.226 e. The Labute approximate surface area is 132 Å². The van der Waals surface area contributed by atoms with Crippen molar-refractivity contribution in [2.75, 3.05) is 32.5 Å². The van der Waals surface area contributed by atoms with E-state index < -0.39 is 0 Å². The monoisotopic (exact) mass is 303 g/mol. The first-order valence-electron chi connectivity index (χ1n) is 7.76. The zero-order valence-corrected chi connectivity index (χ0v) is 13.6. The van der Waals surface area contributed by atoms with E-state index in [1.54, 1.807) is 0 Å². The molecule has 5 heteroatoms. The second kappa shape index (κ2) is 7.40. The molecule has 0 unspecified atom stereocenters. The average molecular weight is 303 g/mol. The minimum absolute atomic E-state index is 0.0918. The highest BCUT2D eigenvalue weighted by molar-refractivity contribution is 5.88. The molecule has 0 bridgehead atoms. The van der Waals surface area contributed by atoms with Crippen LogP contribution in [0.3, 0.4) is 0 Å². The number of piperidine rings is 1. The third-order valence-electron chi connectivity index (χ3n) is 4.26. The maximum atomic E-state index is 12.4. The number of amides is 2. The first-order valence-corrected chi connectivity index (χ1v) is 7.76. The topological polar surface area (TPSA) is 52.7 Å². The van der Waals surface area contributed by atoms with Crippen LogP contribution in [0.4, 0.5) is 5.69 Å². The van der Waals surface area contributed by atoms with Crippen LogP contribution < -0.4 is 5.32 Å². The van der Waals surface area contributed by atoms with Crippen LogP contribution in [0.5, 0.6) is 0 Å². The van der Waals surface area contributed by atoms with Crippen LogP contribution in [-0.4, -0.2) is 54.8 Å². The van der Waals surface area contributed by atoms with Crippen molar-refractivity contribution in [3.63, 3.8) is 0 Å². The van der Waals surface area contributed by atoms with E-state index in [0.29, 0.717) is 12.5 Å². The lowest BCUT2D eigenvalue weighted by atomic mass is 10.0. The largest absolute Gasteiger partial charge is 0.342 e. The maximum absolute atomic E-state index is 12.4. The molecule has 0 spiro atoms. The van der Waals surface area contributed by atoms with Crippen LogP contribution in [-0.2, 0) is 16.0 Å². The summed E-state index contributed by atoms with van der Waals surface area (Å²) in [6.45, 7) is 3.58. The SMILES string of the molecule is CC(=O)Nc1ccc(CC(=O)N(C)C2CCN(C)CC2)cc1. The fraction of sp³-hybridized carbons (Fsp3) is 0.529. The highest BCUT2D eigenvalue weighted by Crippen LogP contribution is 2.16. The summed E-state index contributed by atoms with van der Waals surface area (Å²) in [4.78, 5) is 27.6. The Morgan fingerprint density at radius 1 is 1.23 bits per heavy atom. The summed E-state index contributed by atoms with van der Waals surface area (Å²) in [7, 11) is 4.03. The van der Waals surface area contributed by atoms with E-state index in [9.17, 15) is 9.59 Å². The van der Waals surface area contributed by atoms with Gasteiger partial charge in [-0.25, -0.2) is 0 Å². The second-order valence-corrected chi connectivity index (χ2v) is 6.09. The number of nitrogens with one attached hydrogen (secondary N) is 1. The molecule has 0 saturated carbocycles. The van der Waals surface area contributed by atoms with Crippen LogP contribution in [0, 0.1) is 0 Å². The minimum Gasteiger partial charge on any atom is -0.342 e. The van der Waals surface area contributed by atoms with Gasteiger partial charge in [-0.05, 0) is 50.7 Å². The molecule has 5 nitrogen and oxygen atoms in total. The Bertz CT molecular complexity index is 519. The lowest BCUT2D eigenvalue weighted by Crippen LogP contribution is -2.44. The van der Waals surface area contributed by atoms with Gasteiger partial charge in [0.25, 0.3) is 0 Å². The Hall–Kier alpha value is -1.88. The molecule has 0 aromatic heterocycles. The molecular weight excluding hydrogens is 278 g/mol. The van der Waals surface area contributed by atoms with Gasteiger partial charge in [0.2, 0.25) is 11.8 Å². The number of hydrogen-bond donors (Lipinski definition) is 1. The van der Waals surface area contributed by atoms with Crippen LogP contribution in [0.15, 0.2) is 24.3 Å². The summed E-state index contributed by atoms with van der Waals surface area (Å²) in [6, 6.07) is 7.80. The van der Waals surface area contributed by atoms with Crippen molar-refractivity contribution in [3.8, 4) is 0 Å². The van der Waals surface area contributed by atoms with E-state index in [-0.39, 0.29) is 11.8 Å². The predicted octanol–water partition coefficient (Wildman–Crippen LogP) is 1.74. The van der Waals surface area contributed by atoms with E-state index in [1.807, 2.05) is 36.2 Å². The molecule has 0 aliphatic carbocycles. The van der Waals surface area contributed by atoms with Crippen molar-refractivity contribution in [1.82, 2.24) is 9.80 Å². The van der Waals surface area contributed by atoms with Gasteiger partial charge in [0.05, 0.1) is 6.42 Å². The number of likely N-dealkylation sites (N-methyl/N-ethyl adjacent to an activating group) is 1. The Morgan fingerprint density at radius 3 is 2.36 bits per heavy atom. The Kier molecular flexibility index (Phi) is 5.55. The third-order valence-corrected chi connectivity index (χ3v) is 4.26. The molecule has 1 heterocycles. The number of rotatable bonds is 4. The summed E-state index contributed by atoms with van der Waals surface area (Å²) >= 11 is 0. The highest BCUT2D eigenvalue weighted by atomic mass is 16.2. The molecule has 2 amide bonds. The number of carbonyl (C=O) groups is 2. The number of likely N-dealkylation sites (tertiary alicyclic amines) is 1. The van der Waals surface area contributed by atoms with Gasteiger partial charge in [-0.1, -0.05) is 12.1 Å². The van der Waals surface area contributed by atoms with Gasteiger partial charge in [0, 0.05) is 25.7 Å². The molecule has 0 radical (unpaired) electrons. The first kappa shape index (κ1) is 16.5. The molecule has 0 atom stereocenters. The fourth-order valence-electron chi connectivity index (χ4n) is 2.79. The van der Waals surface area contributed by atoms with E-state index in [4.69, 9.17) is 0 Å². The molecule has 1 N–H and O–H groups in total. The van der Waals surface area contributed by atoms with E-state index in [1.165, 1.54) is 6.92 Å². The van der Waals surface area contributed by atoms with Crippen LogP contribution in [0.1, 0.15) is 25.3 Å². The molecule has 22 heavy (non-hydrogen) atoms. The van der Waals surface area contributed by atoms with Crippen molar-refractivity contribution in [2.45, 2.75) is 32.2 Å². The zero-order chi connectivity index (χ0) is 16.1. The summed E-state index contributed by atoms with van der Waals surface area (Å²) in [5.41, 5.74) is 1.73. The van der Waals surface area contributed by atoms with E-state index >= 15 is 0 Å². The lowest BCUT2D eigenvalue weighted by molar-refractivity contribution is -0.132. The van der Waals surface area contributed by atoms with E-state index in [2.05, 4.69) is 17.3 Å². The number of anilines is 1. The van der Waals surface area contributed by atoms with Crippen molar-refractivity contribution in [3.05, 3.63) is 29.8 Å². The van der Waals surface area contributed by atoms with Crippen LogP contribution in [0.25, 0.3) is 0 Å². The predicted molar refractivity (Wildman–Crippen MR) is 87.7 cm³/mol. The number of nitrogens with zero attached hydrogens (tertiary/aromatic N) is 2. The zero-order valence-electron chi connectivity index (χ0n) is 13.6. The summed E-state index contributed by atoms with van der Waals surface area (Å²) in [5, 5.41) is 2.72. The van der Waals surface area contributed by atoms with Crippen LogP contribution >= 0.6 is 0 Å². The molecule has 1 fully saturated rings. The van der Waals surface area contributed by atoms with Gasteiger partial charge < -0.3 is 15.1 Å². The number of benzene rings is 1. The highest BCUT2D eigenvalue weighted by Gasteiger charge is 2.23. The first-order chi connectivity index (χ1) is 10.5. The quantitative estimate of drug-likeness (QED) is 0.922. The van der Waals surface area contributed by atoms with Crippen molar-refractivity contribution >= 4 is 17.5 Å². The molecule has 1 saturated heterocycles. The van der Waals surface area contributed by atoms with Crippen LogP contribution in [0.2, 0.25) is 0 Å². The second-order valence-electron chi connectivity index (χ2n) is 6.09. The van der Waals surface area contributed by atoms with Crippen molar-refractivity contribution in [1.29, 1.82) is 0 Å². The van der Waals surface area contributed by atoms with Gasteiger partial charge in [-0.2, -0.15) is 0 Å². The molecule has 2 rings (SSSR count). The summed E-state index contributed by atoms with van der Waals surface area (Å²) in [6.07, 6.45) is 2.49. The van der Waals surface area contributed by atoms with Gasteiger partial charge in [0.15, 0.2) is 0 Å². The molecule has 1 aromatic rings. The average Bonchev–Trinajstić information content (AvgIpc) is 2.49. The number of carbonyl (C=O) groups excluding carboxylic acids is 2. The molecule has 120 valence electrons. The Morgan fingerprint density at radius 2 is 1.82 bits per heavy atom. The molecule has 1 aromatic carbocycles. The van der Waals surface area contributed by atoms with Gasteiger partial charge in [0.1, 0.15) is 0 Å². The normalized spacial score (nSPS) is 16.3. The standard InChI is InChI=1S/C17H25N3O2/c1-13(21)18-15-6-4-14(5-7-15)12-17(22)20(3)16-8-10-19(2)11-9-16/h4-7,16H,8-12H2,1-3H3,(H,18,21). The summed E-state index contributed by atoms with van der Waals surface area (Å²) < 4.78 is 0. The number of hydrogen-bond acceptors (Lipinski definition) is 3. The third kappa shape index (κ3) is 4.56. The fourth-order valence-corrected chi connectivity index (χ4v) is 2.79. The Balaban J connectivity index is 1.89. The molecule has 1 aliphatic rings. The summed E-state index contributed by atoms with van der Waals surface area (Å²) in [5.74, 6) is 0.0626. The van der Waals surface area contributed by atoms with Gasteiger partial charge >= 0.3 is 0 Å². The van der Waals surface area contributed by atoms with Crippen molar-refractivity contribution in [2.24, 2.45) is 0 Å². The van der Waals surface area contributed by atoms with Gasteiger partial charge in [-0.15, -0.1) is 0 Å². The lowest BCUT2D eigenvalue weighted by Gasteiger charge is -2.35. The van der Waals surface area contributed by atoms with Crippen molar-refractivity contribution < 1.29 is 9.59 Å².